The lowest BCUT2D eigenvalue weighted by Gasteiger charge is -2.33. The monoisotopic (exact) mass is 623 g/mol. The molecule has 1 saturated heterocycles. The van der Waals surface area contributed by atoms with E-state index in [1.165, 1.54) is 11.1 Å². The van der Waals surface area contributed by atoms with E-state index < -0.39 is 7.14 Å². The van der Waals surface area contributed by atoms with Crippen LogP contribution in [0.3, 0.4) is 0 Å². The molecule has 2 aromatic heterocycles. The highest BCUT2D eigenvalue weighted by Gasteiger charge is 2.28. The zero-order chi connectivity index (χ0) is 27.9. The van der Waals surface area contributed by atoms with Gasteiger partial charge >= 0.3 is 0 Å². The summed E-state index contributed by atoms with van der Waals surface area (Å²) >= 11 is 3.56. The molecule has 40 heavy (non-hydrogen) atoms. The van der Waals surface area contributed by atoms with Crippen LogP contribution in [0, 0.1) is 0 Å². The van der Waals surface area contributed by atoms with Crippen molar-refractivity contribution in [3.05, 3.63) is 58.5 Å². The first-order valence-corrected chi connectivity index (χ1v) is 16.6. The van der Waals surface area contributed by atoms with Crippen LogP contribution in [0.1, 0.15) is 17.5 Å². The highest BCUT2D eigenvalue weighted by atomic mass is 79.9. The van der Waals surface area contributed by atoms with Gasteiger partial charge in [0.1, 0.15) is 24.2 Å². The number of aromatic nitrogens is 4. The molecule has 1 atom stereocenters. The number of methoxy groups -OCH3 is 1. The minimum atomic E-state index is -2.72. The van der Waals surface area contributed by atoms with Gasteiger partial charge in [-0.1, -0.05) is 0 Å². The molecule has 0 amide bonds. The number of hydrogen-bond donors (Lipinski definition) is 2. The third-order valence-corrected chi connectivity index (χ3v) is 9.49. The number of anilines is 4. The maximum atomic E-state index is 13.3. The SMILES string of the molecule is COc1cc2c(cc1Nc1ncc(Br)c(Nc3ccc4nccnc4c3P(C)(C)=O)n1)CCN(C1CCOC1)C2. The molecule has 2 aromatic carbocycles. The van der Waals surface area contributed by atoms with Crippen LogP contribution in [-0.4, -0.2) is 71.1 Å². The second kappa shape index (κ2) is 11.0. The number of halogens is 1. The lowest BCUT2D eigenvalue weighted by Crippen LogP contribution is -2.39. The largest absolute Gasteiger partial charge is 0.495 e. The Morgan fingerprint density at radius 3 is 2.73 bits per heavy atom. The van der Waals surface area contributed by atoms with E-state index in [0.717, 1.165) is 50.6 Å². The molecule has 10 nitrogen and oxygen atoms in total. The van der Waals surface area contributed by atoms with E-state index in [2.05, 4.69) is 58.5 Å². The topological polar surface area (TPSA) is 114 Å². The third kappa shape index (κ3) is 5.43. The highest BCUT2D eigenvalue weighted by molar-refractivity contribution is 9.10. The molecule has 6 rings (SSSR count). The number of nitrogens with one attached hydrogen (secondary N) is 2. The highest BCUT2D eigenvalue weighted by Crippen LogP contribution is 2.41. The van der Waals surface area contributed by atoms with Gasteiger partial charge in [-0.05, 0) is 77.5 Å². The minimum Gasteiger partial charge on any atom is -0.495 e. The maximum absolute atomic E-state index is 13.3. The van der Waals surface area contributed by atoms with E-state index in [-0.39, 0.29) is 0 Å². The molecule has 1 unspecified atom stereocenters. The van der Waals surface area contributed by atoms with Gasteiger partial charge < -0.3 is 24.7 Å². The van der Waals surface area contributed by atoms with Crippen LogP contribution in [0.4, 0.5) is 23.1 Å². The van der Waals surface area contributed by atoms with Gasteiger partial charge in [-0.25, -0.2) is 4.98 Å². The summed E-state index contributed by atoms with van der Waals surface area (Å²) in [5.41, 5.74) is 5.33. The molecule has 0 radical (unpaired) electrons. The van der Waals surface area contributed by atoms with Gasteiger partial charge in [-0.15, -0.1) is 0 Å². The van der Waals surface area contributed by atoms with E-state index in [1.807, 2.05) is 12.1 Å². The third-order valence-electron chi connectivity index (χ3n) is 7.38. The zero-order valence-electron chi connectivity index (χ0n) is 22.6. The molecule has 4 aromatic rings. The molecule has 12 heteroatoms. The van der Waals surface area contributed by atoms with Crippen LogP contribution in [0.2, 0.25) is 0 Å². The van der Waals surface area contributed by atoms with Crippen molar-refractivity contribution in [3.8, 4) is 5.75 Å². The molecular weight excluding hydrogens is 593 g/mol. The molecule has 0 aliphatic carbocycles. The number of fused-ring (bicyclic) bond motifs is 2. The summed E-state index contributed by atoms with van der Waals surface area (Å²) in [6, 6.07) is 8.46. The Hall–Kier alpha value is -3.11. The predicted octanol–water partition coefficient (Wildman–Crippen LogP) is 5.07. The minimum absolute atomic E-state index is 0.405. The van der Waals surface area contributed by atoms with Gasteiger partial charge in [0.2, 0.25) is 5.95 Å². The number of ether oxygens (including phenoxy) is 2. The summed E-state index contributed by atoms with van der Waals surface area (Å²) in [5.74, 6) is 1.67. The van der Waals surface area contributed by atoms with Crippen LogP contribution in [-0.2, 0) is 22.3 Å². The van der Waals surface area contributed by atoms with Crippen LogP contribution >= 0.6 is 23.1 Å². The number of benzene rings is 2. The van der Waals surface area contributed by atoms with Crippen molar-refractivity contribution in [1.29, 1.82) is 0 Å². The molecule has 0 spiro atoms. The Balaban J connectivity index is 1.29. The number of rotatable bonds is 7. The molecule has 208 valence electrons. The van der Waals surface area contributed by atoms with Crippen LogP contribution in [0.5, 0.6) is 5.75 Å². The van der Waals surface area contributed by atoms with Gasteiger partial charge in [0, 0.05) is 44.3 Å². The summed E-state index contributed by atoms with van der Waals surface area (Å²) in [4.78, 5) is 20.6. The maximum Gasteiger partial charge on any atom is 0.229 e. The summed E-state index contributed by atoms with van der Waals surface area (Å²) in [6.45, 7) is 7.01. The summed E-state index contributed by atoms with van der Waals surface area (Å²) in [7, 11) is -1.05. The van der Waals surface area contributed by atoms with E-state index in [9.17, 15) is 4.57 Å². The van der Waals surface area contributed by atoms with Crippen molar-refractivity contribution in [1.82, 2.24) is 24.8 Å². The van der Waals surface area contributed by atoms with Crippen molar-refractivity contribution in [2.75, 3.05) is 50.8 Å². The fourth-order valence-corrected chi connectivity index (χ4v) is 7.11. The summed E-state index contributed by atoms with van der Waals surface area (Å²) < 4.78 is 25.4. The van der Waals surface area contributed by atoms with Crippen molar-refractivity contribution in [2.45, 2.75) is 25.4 Å². The van der Waals surface area contributed by atoms with Gasteiger partial charge in [0.15, 0.2) is 0 Å². The Morgan fingerprint density at radius 1 is 1.10 bits per heavy atom. The summed E-state index contributed by atoms with van der Waals surface area (Å²) in [6.07, 6.45) is 6.97. The lowest BCUT2D eigenvalue weighted by atomic mass is 9.97. The van der Waals surface area contributed by atoms with Crippen LogP contribution < -0.4 is 20.7 Å². The molecule has 2 N–H and O–H groups in total. The Bertz CT molecular complexity index is 1620. The molecule has 0 bridgehead atoms. The van der Waals surface area contributed by atoms with Crippen molar-refractivity contribution >= 4 is 62.6 Å². The molecule has 4 heterocycles. The summed E-state index contributed by atoms with van der Waals surface area (Å²) in [5, 5.41) is 7.33. The average molecular weight is 624 g/mol. The first-order chi connectivity index (χ1) is 19.3. The molecular formula is C28H31BrN7O3P. The molecule has 2 aliphatic heterocycles. The van der Waals surface area contributed by atoms with E-state index in [4.69, 9.17) is 14.5 Å². The van der Waals surface area contributed by atoms with E-state index >= 15 is 0 Å². The fraction of sp³-hybridized carbons (Fsp3) is 0.357. The zero-order valence-corrected chi connectivity index (χ0v) is 25.1. The molecule has 2 aliphatic rings. The molecule has 0 saturated carbocycles. The van der Waals surface area contributed by atoms with Crippen molar-refractivity contribution < 1.29 is 14.0 Å². The first-order valence-electron chi connectivity index (χ1n) is 13.2. The Kier molecular flexibility index (Phi) is 7.48. The standard InChI is InChI=1S/C28H31BrN7O3P/c1-38-24-13-18-15-36(19-7-11-39-16-19)10-6-17(18)12-23(24)34-28-32-14-20(29)27(35-28)33-22-5-4-21-25(31-9-8-30-21)26(22)40(2,3)37/h4-5,8-9,12-14,19H,6-7,10-11,15-16H2,1-3H3,(H2,32,33,34,35). The first kappa shape index (κ1) is 27.1. The fourth-order valence-electron chi connectivity index (χ4n) is 5.43. The number of hydrogen-bond acceptors (Lipinski definition) is 10. The second-order valence-electron chi connectivity index (χ2n) is 10.4. The van der Waals surface area contributed by atoms with Gasteiger partial charge in [-0.2, -0.15) is 4.98 Å². The van der Waals surface area contributed by atoms with E-state index in [0.29, 0.717) is 44.3 Å². The second-order valence-corrected chi connectivity index (χ2v) is 14.4. The van der Waals surface area contributed by atoms with Gasteiger partial charge in [-0.3, -0.25) is 14.9 Å². The van der Waals surface area contributed by atoms with Crippen molar-refractivity contribution in [2.24, 2.45) is 0 Å². The average Bonchev–Trinajstić information content (AvgIpc) is 3.48. The van der Waals surface area contributed by atoms with Gasteiger partial charge in [0.05, 0.1) is 40.4 Å². The smallest absolute Gasteiger partial charge is 0.229 e. The predicted molar refractivity (Wildman–Crippen MR) is 161 cm³/mol. The molecule has 1 fully saturated rings. The Labute approximate surface area is 241 Å². The quantitative estimate of drug-likeness (QED) is 0.270. The van der Waals surface area contributed by atoms with Crippen molar-refractivity contribution in [3.63, 3.8) is 0 Å². The van der Waals surface area contributed by atoms with E-state index in [1.54, 1.807) is 39.0 Å². The van der Waals surface area contributed by atoms with Crippen LogP contribution in [0.25, 0.3) is 11.0 Å². The van der Waals surface area contributed by atoms with Crippen LogP contribution in [0.15, 0.2) is 47.3 Å². The lowest BCUT2D eigenvalue weighted by molar-refractivity contribution is 0.135. The Morgan fingerprint density at radius 2 is 1.95 bits per heavy atom. The number of nitrogens with zero attached hydrogens (tertiary/aromatic N) is 5. The normalized spacial score (nSPS) is 17.6. The van der Waals surface area contributed by atoms with Gasteiger partial charge in [0.25, 0.3) is 0 Å².